The van der Waals surface area contributed by atoms with Gasteiger partial charge in [0.2, 0.25) is 0 Å². The van der Waals surface area contributed by atoms with Crippen molar-refractivity contribution in [2.45, 2.75) is 26.9 Å². The molecule has 0 spiro atoms. The maximum absolute atomic E-state index is 12.4. The topological polar surface area (TPSA) is 82.5 Å². The second-order valence-electron chi connectivity index (χ2n) is 7.06. The van der Waals surface area contributed by atoms with Crippen LogP contribution in [0.5, 0.6) is 11.5 Å². The summed E-state index contributed by atoms with van der Waals surface area (Å²) in [5, 5.41) is 7.02. The molecule has 7 heteroatoms. The molecule has 0 unspecified atom stereocenters. The monoisotopic (exact) mass is 419 g/mol. The molecular weight excluding hydrogens is 394 g/mol. The van der Waals surface area contributed by atoms with Crippen molar-refractivity contribution in [1.82, 2.24) is 9.78 Å². The van der Waals surface area contributed by atoms with Crippen LogP contribution in [0.15, 0.2) is 60.7 Å². The number of nitrogens with one attached hydrogen (secondary N) is 1. The van der Waals surface area contributed by atoms with Crippen LogP contribution in [0, 0.1) is 13.8 Å². The Morgan fingerprint density at radius 2 is 1.77 bits per heavy atom. The standard InChI is InChI=1S/C24H25N3O4/c1-16-23(17(2)27(4)26-16)25-24(29)18(3)30-22(28)14-13-19-9-8-12-21(15-19)31-20-10-6-5-7-11-20/h5-15,18H,1-4H3,(H,25,29)/b14-13+/t18-/m0/s1. The summed E-state index contributed by atoms with van der Waals surface area (Å²) < 4.78 is 12.7. The summed E-state index contributed by atoms with van der Waals surface area (Å²) in [6, 6.07) is 16.7. The van der Waals surface area contributed by atoms with E-state index in [9.17, 15) is 9.59 Å². The molecule has 0 bridgehead atoms. The highest BCUT2D eigenvalue weighted by Gasteiger charge is 2.20. The van der Waals surface area contributed by atoms with Gasteiger partial charge in [0.15, 0.2) is 6.10 Å². The lowest BCUT2D eigenvalue weighted by atomic mass is 10.2. The van der Waals surface area contributed by atoms with Crippen molar-refractivity contribution in [2.24, 2.45) is 7.05 Å². The first-order valence-electron chi connectivity index (χ1n) is 9.86. The fourth-order valence-corrected chi connectivity index (χ4v) is 2.92. The maximum atomic E-state index is 12.4. The van der Waals surface area contributed by atoms with Crippen LogP contribution < -0.4 is 10.1 Å². The molecule has 0 saturated heterocycles. The number of para-hydroxylation sites is 1. The van der Waals surface area contributed by atoms with Crippen molar-refractivity contribution in [3.63, 3.8) is 0 Å². The highest BCUT2D eigenvalue weighted by Crippen LogP contribution is 2.22. The molecule has 1 N–H and O–H groups in total. The van der Waals surface area contributed by atoms with Crippen molar-refractivity contribution in [1.29, 1.82) is 0 Å². The second kappa shape index (κ2) is 9.75. The van der Waals surface area contributed by atoms with Crippen molar-refractivity contribution in [3.05, 3.63) is 77.6 Å². The van der Waals surface area contributed by atoms with E-state index in [0.29, 0.717) is 17.1 Å². The lowest BCUT2D eigenvalue weighted by Gasteiger charge is -2.12. The van der Waals surface area contributed by atoms with Crippen LogP contribution >= 0.6 is 0 Å². The molecule has 1 atom stereocenters. The van der Waals surface area contributed by atoms with Gasteiger partial charge < -0.3 is 14.8 Å². The molecule has 0 aliphatic rings. The van der Waals surface area contributed by atoms with Gasteiger partial charge in [-0.25, -0.2) is 4.79 Å². The highest BCUT2D eigenvalue weighted by molar-refractivity contribution is 5.97. The highest BCUT2D eigenvalue weighted by atomic mass is 16.5. The number of benzene rings is 2. The van der Waals surface area contributed by atoms with Gasteiger partial charge in [0.05, 0.1) is 17.1 Å². The van der Waals surface area contributed by atoms with E-state index in [1.165, 1.54) is 13.0 Å². The van der Waals surface area contributed by atoms with E-state index in [1.807, 2.05) is 55.5 Å². The van der Waals surface area contributed by atoms with Gasteiger partial charge in [0.25, 0.3) is 5.91 Å². The second-order valence-corrected chi connectivity index (χ2v) is 7.06. The number of amides is 1. The number of carbonyl (C=O) groups is 2. The summed E-state index contributed by atoms with van der Waals surface area (Å²) in [6.45, 7) is 5.18. The summed E-state index contributed by atoms with van der Waals surface area (Å²) in [7, 11) is 1.80. The minimum atomic E-state index is -0.955. The Morgan fingerprint density at radius 1 is 1.06 bits per heavy atom. The Kier molecular flexibility index (Phi) is 6.87. The minimum absolute atomic E-state index is 0.417. The van der Waals surface area contributed by atoms with E-state index in [-0.39, 0.29) is 0 Å². The summed E-state index contributed by atoms with van der Waals surface area (Å²) in [4.78, 5) is 24.5. The fraction of sp³-hybridized carbons (Fsp3) is 0.208. The van der Waals surface area contributed by atoms with Crippen LogP contribution in [0.1, 0.15) is 23.9 Å². The number of ether oxygens (including phenoxy) is 2. The third-order valence-corrected chi connectivity index (χ3v) is 4.67. The molecule has 0 saturated carbocycles. The Labute approximate surface area is 181 Å². The number of anilines is 1. The molecule has 0 fully saturated rings. The summed E-state index contributed by atoms with van der Waals surface area (Å²) in [5.74, 6) is 0.342. The summed E-state index contributed by atoms with van der Waals surface area (Å²) >= 11 is 0. The predicted molar refractivity (Wildman–Crippen MR) is 119 cm³/mol. The molecule has 160 valence electrons. The smallest absolute Gasteiger partial charge is 0.331 e. The van der Waals surface area contributed by atoms with E-state index in [0.717, 1.165) is 17.0 Å². The molecule has 31 heavy (non-hydrogen) atoms. The first-order chi connectivity index (χ1) is 14.8. The van der Waals surface area contributed by atoms with Gasteiger partial charge in [-0.3, -0.25) is 9.48 Å². The number of aryl methyl sites for hydroxylation is 2. The number of aromatic nitrogens is 2. The molecule has 0 radical (unpaired) electrons. The molecule has 3 aromatic rings. The zero-order valence-electron chi connectivity index (χ0n) is 18.0. The number of hydrogen-bond acceptors (Lipinski definition) is 5. The Bertz CT molecular complexity index is 1100. The van der Waals surface area contributed by atoms with Gasteiger partial charge in [0.1, 0.15) is 11.5 Å². The maximum Gasteiger partial charge on any atom is 0.331 e. The number of nitrogens with zero attached hydrogens (tertiary/aromatic N) is 2. The minimum Gasteiger partial charge on any atom is -0.457 e. The van der Waals surface area contributed by atoms with Crippen molar-refractivity contribution < 1.29 is 19.1 Å². The SMILES string of the molecule is Cc1nn(C)c(C)c1NC(=O)[C@H](C)OC(=O)/C=C/c1cccc(Oc2ccccc2)c1. The molecule has 1 aromatic heterocycles. The van der Waals surface area contributed by atoms with E-state index in [4.69, 9.17) is 9.47 Å². The average molecular weight is 419 g/mol. The molecule has 3 rings (SSSR count). The molecule has 7 nitrogen and oxygen atoms in total. The van der Waals surface area contributed by atoms with Crippen LogP contribution in [0.3, 0.4) is 0 Å². The lowest BCUT2D eigenvalue weighted by Crippen LogP contribution is -2.29. The van der Waals surface area contributed by atoms with Gasteiger partial charge in [-0.2, -0.15) is 5.10 Å². The molecule has 0 aliphatic heterocycles. The van der Waals surface area contributed by atoms with Crippen molar-refractivity contribution >= 4 is 23.6 Å². The number of esters is 1. The fourth-order valence-electron chi connectivity index (χ4n) is 2.92. The molecule has 1 amide bonds. The van der Waals surface area contributed by atoms with E-state index in [2.05, 4.69) is 10.4 Å². The molecular formula is C24H25N3O4. The van der Waals surface area contributed by atoms with Crippen LogP contribution in [0.2, 0.25) is 0 Å². The Hall–Kier alpha value is -3.87. The van der Waals surface area contributed by atoms with Crippen molar-refractivity contribution in [2.75, 3.05) is 5.32 Å². The predicted octanol–water partition coefficient (Wildman–Crippen LogP) is 4.41. The first-order valence-corrected chi connectivity index (χ1v) is 9.86. The summed E-state index contributed by atoms with van der Waals surface area (Å²) in [5.41, 5.74) is 2.91. The van der Waals surface area contributed by atoms with Gasteiger partial charge in [0, 0.05) is 13.1 Å². The first kappa shape index (κ1) is 21.8. The zero-order chi connectivity index (χ0) is 22.4. The van der Waals surface area contributed by atoms with Crippen LogP contribution in [-0.2, 0) is 21.4 Å². The quantitative estimate of drug-likeness (QED) is 0.453. The van der Waals surface area contributed by atoms with Gasteiger partial charge >= 0.3 is 5.97 Å². The third kappa shape index (κ3) is 5.82. The Morgan fingerprint density at radius 3 is 2.45 bits per heavy atom. The third-order valence-electron chi connectivity index (χ3n) is 4.67. The molecule has 0 aliphatic carbocycles. The Balaban J connectivity index is 1.57. The van der Waals surface area contributed by atoms with Crippen LogP contribution in [-0.4, -0.2) is 27.8 Å². The van der Waals surface area contributed by atoms with Crippen LogP contribution in [0.4, 0.5) is 5.69 Å². The van der Waals surface area contributed by atoms with Gasteiger partial charge in [-0.1, -0.05) is 30.3 Å². The number of hydrogen-bond donors (Lipinski definition) is 1. The zero-order valence-corrected chi connectivity index (χ0v) is 18.0. The molecule has 1 heterocycles. The van der Waals surface area contributed by atoms with E-state index >= 15 is 0 Å². The number of carbonyl (C=O) groups excluding carboxylic acids is 2. The normalized spacial score (nSPS) is 11.9. The van der Waals surface area contributed by atoms with E-state index < -0.39 is 18.0 Å². The number of rotatable bonds is 7. The van der Waals surface area contributed by atoms with Crippen molar-refractivity contribution in [3.8, 4) is 11.5 Å². The van der Waals surface area contributed by atoms with Gasteiger partial charge in [-0.05, 0) is 56.7 Å². The van der Waals surface area contributed by atoms with Gasteiger partial charge in [-0.15, -0.1) is 0 Å². The summed E-state index contributed by atoms with van der Waals surface area (Å²) in [6.07, 6.45) is 1.94. The largest absolute Gasteiger partial charge is 0.457 e. The van der Waals surface area contributed by atoms with E-state index in [1.54, 1.807) is 30.8 Å². The lowest BCUT2D eigenvalue weighted by molar-refractivity contribution is -0.148. The average Bonchev–Trinajstić information content (AvgIpc) is 2.99. The molecule has 2 aromatic carbocycles. The van der Waals surface area contributed by atoms with Crippen LogP contribution in [0.25, 0.3) is 6.08 Å².